The molecule has 0 spiro atoms. The number of nitrogens with zero attached hydrogens (tertiary/aromatic N) is 1. The van der Waals surface area contributed by atoms with Crippen molar-refractivity contribution < 1.29 is 31.4 Å². The maximum atomic E-state index is 13.8. The monoisotopic (exact) mass is 403 g/mol. The van der Waals surface area contributed by atoms with Crippen molar-refractivity contribution in [1.82, 2.24) is 4.57 Å². The van der Waals surface area contributed by atoms with Gasteiger partial charge in [-0.2, -0.15) is 13.2 Å². The zero-order valence-corrected chi connectivity index (χ0v) is 13.7. The largest absolute Gasteiger partial charge is 0.419 e. The second-order valence-corrected chi connectivity index (χ2v) is 6.39. The molecule has 0 aliphatic heterocycles. The van der Waals surface area contributed by atoms with Gasteiger partial charge in [-0.15, -0.1) is 0 Å². The molecular formula is C15H9Cl2F6NO. The highest BCUT2D eigenvalue weighted by molar-refractivity contribution is 6.31. The summed E-state index contributed by atoms with van der Waals surface area (Å²) >= 11 is 11.5. The van der Waals surface area contributed by atoms with E-state index in [-0.39, 0.29) is 16.4 Å². The van der Waals surface area contributed by atoms with E-state index in [0.717, 1.165) is 22.8 Å². The molecule has 3 rings (SSSR count). The Hall–Kier alpha value is -1.38. The lowest BCUT2D eigenvalue weighted by atomic mass is 9.89. The summed E-state index contributed by atoms with van der Waals surface area (Å²) in [6.45, 7) is 0. The molecule has 0 unspecified atom stereocenters. The predicted molar refractivity (Wildman–Crippen MR) is 79.0 cm³/mol. The van der Waals surface area contributed by atoms with Crippen LogP contribution in [-0.2, 0) is 12.6 Å². The number of alkyl halides is 5. The van der Waals surface area contributed by atoms with E-state index in [4.69, 9.17) is 23.2 Å². The van der Waals surface area contributed by atoms with Crippen LogP contribution in [0.15, 0.2) is 18.2 Å². The normalized spacial score (nSPS) is 19.8. The first-order valence-electron chi connectivity index (χ1n) is 6.96. The van der Waals surface area contributed by atoms with Crippen LogP contribution in [0.4, 0.5) is 26.3 Å². The zero-order chi connectivity index (χ0) is 18.7. The number of fused-ring (bicyclic) bond motifs is 1. The average Bonchev–Trinajstić information content (AvgIpc) is 2.79. The van der Waals surface area contributed by atoms with Crippen LogP contribution in [0.25, 0.3) is 5.69 Å². The SMILES string of the molecule is O[C@H]1c2c(C(F)(F)F)c(Cl)n(-c3ccc(F)c(Cl)c3)c2CCC1(F)F. The van der Waals surface area contributed by atoms with Crippen molar-refractivity contribution >= 4 is 23.2 Å². The van der Waals surface area contributed by atoms with E-state index in [2.05, 4.69) is 0 Å². The molecule has 0 amide bonds. The van der Waals surface area contributed by atoms with E-state index in [1.54, 1.807) is 0 Å². The van der Waals surface area contributed by atoms with Crippen LogP contribution in [0, 0.1) is 5.82 Å². The number of benzene rings is 1. The quantitative estimate of drug-likeness (QED) is 0.619. The third kappa shape index (κ3) is 2.90. The van der Waals surface area contributed by atoms with Crippen molar-refractivity contribution in [3.05, 3.63) is 51.0 Å². The first-order chi connectivity index (χ1) is 11.4. The van der Waals surface area contributed by atoms with E-state index in [0.29, 0.717) is 0 Å². The van der Waals surface area contributed by atoms with Crippen LogP contribution in [0.5, 0.6) is 0 Å². The second kappa shape index (κ2) is 5.82. The molecule has 1 atom stereocenters. The highest BCUT2D eigenvalue weighted by Gasteiger charge is 2.52. The fourth-order valence-corrected chi connectivity index (χ4v) is 3.53. The first kappa shape index (κ1) is 18.4. The van der Waals surface area contributed by atoms with Crippen LogP contribution in [0.1, 0.15) is 29.3 Å². The van der Waals surface area contributed by atoms with Gasteiger partial charge in [-0.3, -0.25) is 0 Å². The Balaban J connectivity index is 2.34. The lowest BCUT2D eigenvalue weighted by Gasteiger charge is -2.29. The minimum absolute atomic E-state index is 0.0273. The highest BCUT2D eigenvalue weighted by atomic mass is 35.5. The summed E-state index contributed by atoms with van der Waals surface area (Å²) in [4.78, 5) is 0. The minimum atomic E-state index is -5.06. The molecule has 1 aliphatic rings. The molecular weight excluding hydrogens is 395 g/mol. The summed E-state index contributed by atoms with van der Waals surface area (Å²) in [7, 11) is 0. The summed E-state index contributed by atoms with van der Waals surface area (Å²) in [5, 5.41) is 8.55. The number of hydrogen-bond donors (Lipinski definition) is 1. The third-order valence-electron chi connectivity index (χ3n) is 4.07. The van der Waals surface area contributed by atoms with Crippen molar-refractivity contribution in [1.29, 1.82) is 0 Å². The Labute approximate surface area is 147 Å². The van der Waals surface area contributed by atoms with Crippen LogP contribution in [0.2, 0.25) is 10.2 Å². The fraction of sp³-hybridized carbons (Fsp3) is 0.333. The van der Waals surface area contributed by atoms with Crippen LogP contribution < -0.4 is 0 Å². The van der Waals surface area contributed by atoms with Crippen molar-refractivity contribution in [3.8, 4) is 5.69 Å². The predicted octanol–water partition coefficient (Wildman–Crippen LogP) is 5.56. The van der Waals surface area contributed by atoms with E-state index in [1.807, 2.05) is 0 Å². The summed E-state index contributed by atoms with van der Waals surface area (Å²) in [6, 6.07) is 3.07. The Bertz CT molecular complexity index is 846. The third-order valence-corrected chi connectivity index (χ3v) is 4.71. The standard InChI is InChI=1S/C15H9Cl2F6NO/c16-7-5-6(1-2-8(7)18)24-9-3-4-14(19,20)12(25)10(9)11(13(24)17)15(21,22)23/h1-2,5,12,25H,3-4H2/t12-/m0/s1. The number of aliphatic hydroxyl groups excluding tert-OH is 1. The molecule has 1 heterocycles. The van der Waals surface area contributed by atoms with Crippen molar-refractivity contribution in [3.63, 3.8) is 0 Å². The molecule has 10 heteroatoms. The van der Waals surface area contributed by atoms with Gasteiger partial charge in [-0.25, -0.2) is 13.2 Å². The lowest BCUT2D eigenvalue weighted by Crippen LogP contribution is -2.33. The minimum Gasteiger partial charge on any atom is -0.382 e. The summed E-state index contributed by atoms with van der Waals surface area (Å²) in [6.07, 6.45) is -9.02. The molecule has 0 bridgehead atoms. The summed E-state index contributed by atoms with van der Waals surface area (Å²) < 4.78 is 81.9. The Morgan fingerprint density at radius 3 is 2.40 bits per heavy atom. The van der Waals surface area contributed by atoms with Gasteiger partial charge in [-0.1, -0.05) is 23.2 Å². The molecule has 1 aromatic carbocycles. The summed E-state index contributed by atoms with van der Waals surface area (Å²) in [5.41, 5.74) is -2.73. The zero-order valence-electron chi connectivity index (χ0n) is 12.1. The van der Waals surface area contributed by atoms with E-state index in [9.17, 15) is 31.4 Å². The molecule has 1 aromatic heterocycles. The molecule has 0 fully saturated rings. The number of halogens is 8. The van der Waals surface area contributed by atoms with Gasteiger partial charge >= 0.3 is 6.18 Å². The number of hydrogen-bond acceptors (Lipinski definition) is 1. The van der Waals surface area contributed by atoms with Crippen molar-refractivity contribution in [2.45, 2.75) is 31.0 Å². The second-order valence-electron chi connectivity index (χ2n) is 5.62. The smallest absolute Gasteiger partial charge is 0.382 e. The van der Waals surface area contributed by atoms with E-state index in [1.165, 1.54) is 0 Å². The van der Waals surface area contributed by atoms with E-state index < -0.39 is 53.1 Å². The van der Waals surface area contributed by atoms with Crippen LogP contribution in [-0.4, -0.2) is 15.6 Å². The van der Waals surface area contributed by atoms with E-state index >= 15 is 0 Å². The maximum Gasteiger partial charge on any atom is 0.419 e. The molecule has 1 N–H and O–H groups in total. The van der Waals surface area contributed by atoms with Gasteiger partial charge in [-0.05, 0) is 24.6 Å². The Morgan fingerprint density at radius 2 is 1.84 bits per heavy atom. The average molecular weight is 404 g/mol. The van der Waals surface area contributed by atoms with Crippen molar-refractivity contribution in [2.24, 2.45) is 0 Å². The molecule has 2 aromatic rings. The molecule has 136 valence electrons. The lowest BCUT2D eigenvalue weighted by molar-refractivity contribution is -0.147. The molecule has 25 heavy (non-hydrogen) atoms. The molecule has 1 aliphatic carbocycles. The maximum absolute atomic E-state index is 13.8. The Kier molecular flexibility index (Phi) is 4.29. The van der Waals surface area contributed by atoms with Gasteiger partial charge in [0.05, 0.1) is 10.6 Å². The van der Waals surface area contributed by atoms with Crippen LogP contribution >= 0.6 is 23.2 Å². The van der Waals surface area contributed by atoms with Gasteiger partial charge in [0.1, 0.15) is 17.1 Å². The number of rotatable bonds is 1. The van der Waals surface area contributed by atoms with Gasteiger partial charge in [0, 0.05) is 23.4 Å². The molecule has 2 nitrogen and oxygen atoms in total. The van der Waals surface area contributed by atoms with Gasteiger partial charge in [0.2, 0.25) is 0 Å². The topological polar surface area (TPSA) is 25.2 Å². The van der Waals surface area contributed by atoms with Gasteiger partial charge in [0.25, 0.3) is 5.92 Å². The number of aliphatic hydroxyl groups is 1. The molecule has 0 saturated heterocycles. The van der Waals surface area contributed by atoms with Crippen LogP contribution in [0.3, 0.4) is 0 Å². The van der Waals surface area contributed by atoms with Gasteiger partial charge in [0.15, 0.2) is 0 Å². The molecule has 0 saturated carbocycles. The van der Waals surface area contributed by atoms with Crippen molar-refractivity contribution in [2.75, 3.05) is 0 Å². The summed E-state index contributed by atoms with van der Waals surface area (Å²) in [5.74, 6) is -4.52. The fourth-order valence-electron chi connectivity index (χ4n) is 2.94. The first-order valence-corrected chi connectivity index (χ1v) is 7.72. The number of aromatic nitrogens is 1. The van der Waals surface area contributed by atoms with Gasteiger partial charge < -0.3 is 9.67 Å². The molecule has 0 radical (unpaired) electrons. The highest BCUT2D eigenvalue weighted by Crippen LogP contribution is 2.51. The Morgan fingerprint density at radius 1 is 1.20 bits per heavy atom.